The Morgan fingerprint density at radius 3 is 2.93 bits per heavy atom. The third kappa shape index (κ3) is 2.53. The van der Waals surface area contributed by atoms with Crippen LogP contribution in [0.25, 0.3) is 0 Å². The van der Waals surface area contributed by atoms with E-state index in [1.54, 1.807) is 17.2 Å². The minimum absolute atomic E-state index is 0.0289. The molecule has 0 saturated heterocycles. The molecule has 0 aliphatic heterocycles. The van der Waals surface area contributed by atoms with Crippen LogP contribution in [0.5, 0.6) is 0 Å². The highest BCUT2D eigenvalue weighted by Gasteiger charge is 2.04. The normalized spacial score (nSPS) is 12.4. The third-order valence-corrected chi connectivity index (χ3v) is 2.39. The van der Waals surface area contributed by atoms with E-state index in [2.05, 4.69) is 36.3 Å². The van der Waals surface area contributed by atoms with Gasteiger partial charge in [0.05, 0.1) is 0 Å². The van der Waals surface area contributed by atoms with Crippen LogP contribution in [0.3, 0.4) is 0 Å². The van der Waals surface area contributed by atoms with Gasteiger partial charge in [-0.15, -0.1) is 0 Å². The van der Waals surface area contributed by atoms with Gasteiger partial charge in [0, 0.05) is 10.7 Å². The Labute approximate surface area is 95.7 Å². The van der Waals surface area contributed by atoms with Gasteiger partial charge in [-0.2, -0.15) is 5.10 Å². The van der Waals surface area contributed by atoms with E-state index >= 15 is 0 Å². The summed E-state index contributed by atoms with van der Waals surface area (Å²) in [5.74, 6) is 0.807. The molecule has 2 aromatic rings. The van der Waals surface area contributed by atoms with Crippen LogP contribution in [0, 0.1) is 0 Å². The van der Waals surface area contributed by atoms with Crippen molar-refractivity contribution in [3.8, 4) is 0 Å². The highest BCUT2D eigenvalue weighted by Crippen LogP contribution is 2.13. The first-order valence-electron chi connectivity index (χ1n) is 4.48. The van der Waals surface area contributed by atoms with Crippen LogP contribution in [0.1, 0.15) is 13.1 Å². The van der Waals surface area contributed by atoms with Gasteiger partial charge in [-0.25, -0.2) is 14.6 Å². The Morgan fingerprint density at radius 2 is 2.33 bits per heavy atom. The van der Waals surface area contributed by atoms with Gasteiger partial charge >= 0.3 is 0 Å². The zero-order chi connectivity index (χ0) is 10.7. The van der Waals surface area contributed by atoms with Crippen molar-refractivity contribution in [2.75, 3.05) is 5.32 Å². The molecule has 0 radical (unpaired) electrons. The fourth-order valence-electron chi connectivity index (χ4n) is 1.16. The first-order chi connectivity index (χ1) is 7.25. The molecule has 0 aliphatic carbocycles. The second-order valence-corrected chi connectivity index (χ2v) is 3.97. The minimum atomic E-state index is 0.0289. The van der Waals surface area contributed by atoms with Crippen molar-refractivity contribution in [1.29, 1.82) is 0 Å². The van der Waals surface area contributed by atoms with E-state index in [4.69, 9.17) is 0 Å². The van der Waals surface area contributed by atoms with Gasteiger partial charge in [0.1, 0.15) is 24.6 Å². The zero-order valence-corrected chi connectivity index (χ0v) is 9.72. The van der Waals surface area contributed by atoms with Gasteiger partial charge in [0.25, 0.3) is 0 Å². The molecule has 0 bridgehead atoms. The van der Waals surface area contributed by atoms with Crippen LogP contribution >= 0.6 is 15.9 Å². The van der Waals surface area contributed by atoms with Crippen molar-refractivity contribution in [2.24, 2.45) is 0 Å². The van der Waals surface area contributed by atoms with Gasteiger partial charge in [0.15, 0.2) is 0 Å². The summed E-state index contributed by atoms with van der Waals surface area (Å²) in [6, 6.07) is 3.83. The van der Waals surface area contributed by atoms with E-state index in [1.165, 1.54) is 6.33 Å². The van der Waals surface area contributed by atoms with Gasteiger partial charge in [-0.1, -0.05) is 0 Å². The van der Waals surface area contributed by atoms with Crippen molar-refractivity contribution in [3.05, 3.63) is 35.5 Å². The lowest BCUT2D eigenvalue weighted by Gasteiger charge is -2.13. The summed E-state index contributed by atoms with van der Waals surface area (Å²) in [4.78, 5) is 8.09. The molecule has 1 unspecified atom stereocenters. The van der Waals surface area contributed by atoms with Gasteiger partial charge in [-0.3, -0.25) is 0 Å². The average Bonchev–Trinajstić information content (AvgIpc) is 2.74. The van der Waals surface area contributed by atoms with Crippen molar-refractivity contribution < 1.29 is 0 Å². The molecule has 0 amide bonds. The third-order valence-electron chi connectivity index (χ3n) is 1.92. The van der Waals surface area contributed by atoms with Crippen molar-refractivity contribution in [2.45, 2.75) is 13.1 Å². The molecular formula is C9H10BrN5. The molecule has 0 saturated carbocycles. The maximum absolute atomic E-state index is 4.21. The number of pyridine rings is 1. The topological polar surface area (TPSA) is 55.6 Å². The van der Waals surface area contributed by atoms with E-state index in [9.17, 15) is 0 Å². The lowest BCUT2D eigenvalue weighted by Crippen LogP contribution is -2.15. The molecule has 0 aromatic carbocycles. The molecule has 2 heterocycles. The molecule has 1 N–H and O–H groups in total. The minimum Gasteiger partial charge on any atom is -0.349 e. The first-order valence-corrected chi connectivity index (χ1v) is 5.27. The van der Waals surface area contributed by atoms with E-state index in [1.807, 2.05) is 19.1 Å². The van der Waals surface area contributed by atoms with Gasteiger partial charge in [-0.05, 0) is 35.0 Å². The number of anilines is 1. The summed E-state index contributed by atoms with van der Waals surface area (Å²) in [6.07, 6.45) is 4.95. The Kier molecular flexibility index (Phi) is 2.96. The summed E-state index contributed by atoms with van der Waals surface area (Å²) in [5, 5.41) is 7.24. The number of halogens is 1. The number of rotatable bonds is 3. The van der Waals surface area contributed by atoms with E-state index in [-0.39, 0.29) is 6.17 Å². The molecule has 78 valence electrons. The molecular weight excluding hydrogens is 258 g/mol. The standard InChI is InChI=1S/C9H10BrN5/c1-7(15-6-11-5-13-15)14-9-3-2-8(10)4-12-9/h2-7H,1H3,(H,12,14). The van der Waals surface area contributed by atoms with Crippen LogP contribution in [0.2, 0.25) is 0 Å². The SMILES string of the molecule is CC(Nc1ccc(Br)cn1)n1cncn1. The van der Waals surface area contributed by atoms with Crippen molar-refractivity contribution in [3.63, 3.8) is 0 Å². The summed E-state index contributed by atoms with van der Waals surface area (Å²) < 4.78 is 2.69. The smallest absolute Gasteiger partial charge is 0.137 e. The summed E-state index contributed by atoms with van der Waals surface area (Å²) in [6.45, 7) is 1.98. The molecule has 0 spiro atoms. The van der Waals surface area contributed by atoms with Crippen molar-refractivity contribution >= 4 is 21.7 Å². The lowest BCUT2D eigenvalue weighted by molar-refractivity contribution is 0.542. The number of hydrogen-bond donors (Lipinski definition) is 1. The van der Waals surface area contributed by atoms with Crippen LogP contribution in [-0.4, -0.2) is 19.7 Å². The first kappa shape index (κ1) is 10.1. The Morgan fingerprint density at radius 1 is 1.47 bits per heavy atom. The number of aromatic nitrogens is 4. The second kappa shape index (κ2) is 4.39. The Balaban J connectivity index is 2.06. The molecule has 0 fully saturated rings. The molecule has 2 aromatic heterocycles. The van der Waals surface area contributed by atoms with Crippen LogP contribution in [0.15, 0.2) is 35.5 Å². The Hall–Kier alpha value is -1.43. The van der Waals surface area contributed by atoms with E-state index in [0.717, 1.165) is 10.3 Å². The predicted octanol–water partition coefficient (Wildman–Crippen LogP) is 2.07. The monoisotopic (exact) mass is 267 g/mol. The van der Waals surface area contributed by atoms with E-state index < -0.39 is 0 Å². The van der Waals surface area contributed by atoms with Crippen LogP contribution < -0.4 is 5.32 Å². The largest absolute Gasteiger partial charge is 0.349 e. The molecule has 15 heavy (non-hydrogen) atoms. The highest BCUT2D eigenvalue weighted by molar-refractivity contribution is 9.10. The van der Waals surface area contributed by atoms with Crippen molar-refractivity contribution in [1.82, 2.24) is 19.7 Å². The van der Waals surface area contributed by atoms with E-state index in [0.29, 0.717) is 0 Å². The maximum atomic E-state index is 4.21. The van der Waals surface area contributed by atoms with Crippen LogP contribution in [0.4, 0.5) is 5.82 Å². The molecule has 2 rings (SSSR count). The molecule has 0 aliphatic rings. The summed E-state index contributed by atoms with van der Waals surface area (Å²) >= 11 is 3.33. The zero-order valence-electron chi connectivity index (χ0n) is 8.13. The van der Waals surface area contributed by atoms with Gasteiger partial charge in [0.2, 0.25) is 0 Å². The lowest BCUT2D eigenvalue weighted by atomic mass is 10.4. The quantitative estimate of drug-likeness (QED) is 0.925. The fourth-order valence-corrected chi connectivity index (χ4v) is 1.39. The number of nitrogens with zero attached hydrogens (tertiary/aromatic N) is 4. The fraction of sp³-hybridized carbons (Fsp3) is 0.222. The van der Waals surface area contributed by atoms with Gasteiger partial charge < -0.3 is 5.32 Å². The molecule has 6 heteroatoms. The number of hydrogen-bond acceptors (Lipinski definition) is 4. The Bertz CT molecular complexity index is 411. The summed E-state index contributed by atoms with van der Waals surface area (Å²) in [7, 11) is 0. The number of nitrogens with one attached hydrogen (secondary N) is 1. The molecule has 5 nitrogen and oxygen atoms in total. The second-order valence-electron chi connectivity index (χ2n) is 3.06. The predicted molar refractivity (Wildman–Crippen MR) is 60.3 cm³/mol. The highest BCUT2D eigenvalue weighted by atomic mass is 79.9. The van der Waals surface area contributed by atoms with Crippen LogP contribution in [-0.2, 0) is 0 Å². The molecule has 1 atom stereocenters. The summed E-state index contributed by atoms with van der Waals surface area (Å²) in [5.41, 5.74) is 0. The maximum Gasteiger partial charge on any atom is 0.137 e. The average molecular weight is 268 g/mol.